The summed E-state index contributed by atoms with van der Waals surface area (Å²) in [6.07, 6.45) is -0.719. The number of fused-ring (bicyclic) bond motifs is 1. The van der Waals surface area contributed by atoms with Crippen molar-refractivity contribution in [2.45, 2.75) is 24.4 Å². The molecule has 0 amide bonds. The first kappa shape index (κ1) is 9.22. The van der Waals surface area contributed by atoms with Crippen LogP contribution >= 0.6 is 12.4 Å². The van der Waals surface area contributed by atoms with Crippen molar-refractivity contribution >= 4 is 12.4 Å². The van der Waals surface area contributed by atoms with Crippen LogP contribution in [0.5, 0.6) is 0 Å². The van der Waals surface area contributed by atoms with E-state index in [1.807, 2.05) is 0 Å². The number of aliphatic hydroxyl groups excluding tert-OH is 1. The quantitative estimate of drug-likeness (QED) is 0.498. The molecular formula is C6H12ClNO3. The van der Waals surface area contributed by atoms with Crippen LogP contribution in [0.25, 0.3) is 0 Å². The summed E-state index contributed by atoms with van der Waals surface area (Å²) in [6, 6.07) is -0.0536. The van der Waals surface area contributed by atoms with Gasteiger partial charge in [-0.15, -0.1) is 12.4 Å². The summed E-state index contributed by atoms with van der Waals surface area (Å²) in [5.41, 5.74) is 5.62. The molecule has 11 heavy (non-hydrogen) atoms. The van der Waals surface area contributed by atoms with Gasteiger partial charge in [-0.05, 0) is 0 Å². The molecule has 2 fully saturated rings. The van der Waals surface area contributed by atoms with Crippen LogP contribution in [0.4, 0.5) is 0 Å². The molecule has 0 aromatic rings. The van der Waals surface area contributed by atoms with Crippen molar-refractivity contribution in [1.82, 2.24) is 0 Å². The lowest BCUT2D eigenvalue weighted by Gasteiger charge is -2.10. The van der Waals surface area contributed by atoms with Gasteiger partial charge in [0.25, 0.3) is 0 Å². The van der Waals surface area contributed by atoms with E-state index in [0.717, 1.165) is 0 Å². The van der Waals surface area contributed by atoms with Gasteiger partial charge in [0, 0.05) is 0 Å². The van der Waals surface area contributed by atoms with Gasteiger partial charge >= 0.3 is 0 Å². The maximum absolute atomic E-state index is 9.21. The molecule has 3 N–H and O–H groups in total. The maximum atomic E-state index is 9.21. The highest BCUT2D eigenvalue weighted by molar-refractivity contribution is 5.85. The molecule has 2 aliphatic heterocycles. The van der Waals surface area contributed by atoms with E-state index in [1.54, 1.807) is 0 Å². The van der Waals surface area contributed by atoms with Crippen LogP contribution in [0.2, 0.25) is 0 Å². The van der Waals surface area contributed by atoms with Gasteiger partial charge in [-0.25, -0.2) is 0 Å². The van der Waals surface area contributed by atoms with Crippen molar-refractivity contribution < 1.29 is 14.6 Å². The van der Waals surface area contributed by atoms with Gasteiger partial charge in [0.15, 0.2) is 0 Å². The Morgan fingerprint density at radius 3 is 2.45 bits per heavy atom. The third-order valence-corrected chi connectivity index (χ3v) is 2.07. The molecule has 2 saturated heterocycles. The first-order chi connectivity index (χ1) is 4.79. The summed E-state index contributed by atoms with van der Waals surface area (Å²) in [6.45, 7) is 0.870. The van der Waals surface area contributed by atoms with Gasteiger partial charge in [-0.3, -0.25) is 0 Å². The fraction of sp³-hybridized carbons (Fsp3) is 1.00. The van der Waals surface area contributed by atoms with E-state index < -0.39 is 6.10 Å². The van der Waals surface area contributed by atoms with E-state index in [2.05, 4.69) is 0 Å². The maximum Gasteiger partial charge on any atom is 0.113 e. The zero-order chi connectivity index (χ0) is 7.14. The van der Waals surface area contributed by atoms with Gasteiger partial charge in [-0.2, -0.15) is 0 Å². The average molecular weight is 182 g/mol. The monoisotopic (exact) mass is 181 g/mol. The van der Waals surface area contributed by atoms with E-state index in [4.69, 9.17) is 15.2 Å². The van der Waals surface area contributed by atoms with Crippen molar-refractivity contribution in [2.75, 3.05) is 13.2 Å². The van der Waals surface area contributed by atoms with E-state index >= 15 is 0 Å². The Hall–Kier alpha value is 0.130. The van der Waals surface area contributed by atoms with Crippen LogP contribution in [-0.2, 0) is 9.47 Å². The largest absolute Gasteiger partial charge is 0.388 e. The lowest BCUT2D eigenvalue weighted by molar-refractivity contribution is 0.0182. The fourth-order valence-corrected chi connectivity index (χ4v) is 1.51. The van der Waals surface area contributed by atoms with Gasteiger partial charge < -0.3 is 20.3 Å². The summed E-state index contributed by atoms with van der Waals surface area (Å²) in [5, 5.41) is 9.21. The summed E-state index contributed by atoms with van der Waals surface area (Å²) in [4.78, 5) is 0. The third-order valence-electron chi connectivity index (χ3n) is 2.07. The Balaban J connectivity index is 0.000000605. The topological polar surface area (TPSA) is 64.7 Å². The van der Waals surface area contributed by atoms with Crippen LogP contribution in [-0.4, -0.2) is 42.7 Å². The lowest BCUT2D eigenvalue weighted by Crippen LogP contribution is -2.36. The Morgan fingerprint density at radius 1 is 1.18 bits per heavy atom. The third kappa shape index (κ3) is 1.37. The Kier molecular flexibility index (Phi) is 2.72. The number of nitrogens with two attached hydrogens (primary N) is 1. The van der Waals surface area contributed by atoms with E-state index in [-0.39, 0.29) is 30.7 Å². The van der Waals surface area contributed by atoms with Crippen molar-refractivity contribution in [3.05, 3.63) is 0 Å². The van der Waals surface area contributed by atoms with Gasteiger partial charge in [0.2, 0.25) is 0 Å². The van der Waals surface area contributed by atoms with E-state index in [9.17, 15) is 5.11 Å². The minimum absolute atomic E-state index is 0. The standard InChI is InChI=1S/C6H11NO3.ClH/c7-3-1-9-6-4(8)2-10-5(3)6;/h3-6,8H,1-2,7H2;1H/t3-,4-,5-,6-;/m1./s1. The number of ether oxygens (including phenoxy) is 2. The molecule has 66 valence electrons. The molecule has 0 aliphatic carbocycles. The molecule has 0 radical (unpaired) electrons. The molecule has 0 spiro atoms. The first-order valence-electron chi connectivity index (χ1n) is 3.46. The molecule has 2 aliphatic rings. The molecule has 0 bridgehead atoms. The number of halogens is 1. The van der Waals surface area contributed by atoms with Gasteiger partial charge in [0.05, 0.1) is 19.3 Å². The molecular weight excluding hydrogens is 170 g/mol. The molecule has 0 saturated carbocycles. The molecule has 0 aromatic carbocycles. The number of hydrogen-bond acceptors (Lipinski definition) is 4. The minimum atomic E-state index is -0.474. The van der Waals surface area contributed by atoms with Gasteiger partial charge in [0.1, 0.15) is 18.3 Å². The summed E-state index contributed by atoms with van der Waals surface area (Å²) >= 11 is 0. The van der Waals surface area contributed by atoms with Gasteiger partial charge in [-0.1, -0.05) is 0 Å². The van der Waals surface area contributed by atoms with Crippen LogP contribution < -0.4 is 5.73 Å². The first-order valence-corrected chi connectivity index (χ1v) is 3.46. The highest BCUT2D eigenvalue weighted by atomic mass is 35.5. The zero-order valence-corrected chi connectivity index (χ0v) is 6.79. The number of hydrogen-bond donors (Lipinski definition) is 2. The normalized spacial score (nSPS) is 48.5. The molecule has 2 rings (SSSR count). The summed E-state index contributed by atoms with van der Waals surface area (Å²) in [5.74, 6) is 0. The second-order valence-electron chi connectivity index (χ2n) is 2.83. The smallest absolute Gasteiger partial charge is 0.113 e. The summed E-state index contributed by atoms with van der Waals surface area (Å²) in [7, 11) is 0. The molecule has 2 heterocycles. The fourth-order valence-electron chi connectivity index (χ4n) is 1.51. The second-order valence-corrected chi connectivity index (χ2v) is 2.83. The predicted octanol–water partition coefficient (Wildman–Crippen LogP) is -1.11. The highest BCUT2D eigenvalue weighted by Crippen LogP contribution is 2.25. The summed E-state index contributed by atoms with van der Waals surface area (Å²) < 4.78 is 10.4. The van der Waals surface area contributed by atoms with Crippen molar-refractivity contribution in [1.29, 1.82) is 0 Å². The van der Waals surface area contributed by atoms with Crippen LogP contribution in [0.1, 0.15) is 0 Å². The van der Waals surface area contributed by atoms with Crippen LogP contribution in [0.15, 0.2) is 0 Å². The molecule has 5 heteroatoms. The Labute approximate surface area is 71.1 Å². The van der Waals surface area contributed by atoms with Crippen molar-refractivity contribution in [3.63, 3.8) is 0 Å². The molecule has 4 nitrogen and oxygen atoms in total. The van der Waals surface area contributed by atoms with Crippen LogP contribution in [0, 0.1) is 0 Å². The highest BCUT2D eigenvalue weighted by Gasteiger charge is 2.45. The minimum Gasteiger partial charge on any atom is -0.388 e. The van der Waals surface area contributed by atoms with Crippen molar-refractivity contribution in [2.24, 2.45) is 5.73 Å². The van der Waals surface area contributed by atoms with E-state index in [1.165, 1.54) is 0 Å². The molecule has 0 unspecified atom stereocenters. The second kappa shape index (κ2) is 3.25. The zero-order valence-electron chi connectivity index (χ0n) is 5.97. The predicted molar refractivity (Wildman–Crippen MR) is 40.7 cm³/mol. The molecule has 4 atom stereocenters. The van der Waals surface area contributed by atoms with Crippen LogP contribution in [0.3, 0.4) is 0 Å². The molecule has 0 aromatic heterocycles. The Morgan fingerprint density at radius 2 is 1.82 bits per heavy atom. The van der Waals surface area contributed by atoms with Crippen molar-refractivity contribution in [3.8, 4) is 0 Å². The lowest BCUT2D eigenvalue weighted by atomic mass is 10.1. The number of rotatable bonds is 0. The Bertz CT molecular complexity index is 130. The SMILES string of the molecule is Cl.N[C@@H]1CO[C@H]2[C@@H]1OC[C@H]2O. The average Bonchev–Trinajstić information content (AvgIpc) is 2.41. The number of aliphatic hydroxyl groups is 1. The van der Waals surface area contributed by atoms with E-state index in [0.29, 0.717) is 13.2 Å².